The number of aliphatic carboxylic acids is 1. The van der Waals surface area contributed by atoms with Crippen molar-refractivity contribution in [1.82, 2.24) is 0 Å². The van der Waals surface area contributed by atoms with Gasteiger partial charge in [0.1, 0.15) is 0 Å². The average molecular weight is 351 g/mol. The fraction of sp³-hybridized carbons (Fsp3) is 0.231. The molecule has 0 heterocycles. The molecule has 0 saturated heterocycles. The number of alkyl halides is 4. The van der Waals surface area contributed by atoms with Gasteiger partial charge in [0.2, 0.25) is 0 Å². The Hall–Kier alpha value is -1.63. The van der Waals surface area contributed by atoms with Crippen LogP contribution in [-0.4, -0.2) is 21.7 Å². The zero-order chi connectivity index (χ0) is 15.5. The van der Waals surface area contributed by atoms with Crippen LogP contribution in [0.3, 0.4) is 0 Å². The van der Waals surface area contributed by atoms with E-state index in [0.29, 0.717) is 6.08 Å². The summed E-state index contributed by atoms with van der Waals surface area (Å²) in [5, 5.41) is 8.54. The molecular weight excluding hydrogens is 341 g/mol. The summed E-state index contributed by atoms with van der Waals surface area (Å²) >= 11 is 2.99. The number of carbonyl (C=O) groups excluding carboxylic acids is 1. The minimum absolute atomic E-state index is 0.179. The highest BCUT2D eigenvalue weighted by molar-refractivity contribution is 9.10. The number of carboxylic acid groups (broad SMARTS) is 1. The van der Waals surface area contributed by atoms with E-state index in [2.05, 4.69) is 15.9 Å². The van der Waals surface area contributed by atoms with E-state index in [1.807, 2.05) is 0 Å². The van der Waals surface area contributed by atoms with Gasteiger partial charge in [0.15, 0.2) is 5.78 Å². The summed E-state index contributed by atoms with van der Waals surface area (Å²) in [5.74, 6) is -1.95. The normalized spacial score (nSPS) is 13.4. The molecule has 1 atom stereocenters. The first-order chi connectivity index (χ1) is 9.14. The highest BCUT2D eigenvalue weighted by Gasteiger charge is 2.34. The van der Waals surface area contributed by atoms with Crippen LogP contribution in [0.25, 0.3) is 6.08 Å². The molecule has 0 spiro atoms. The second kappa shape index (κ2) is 6.21. The van der Waals surface area contributed by atoms with Crippen LogP contribution in [-0.2, 0) is 11.0 Å². The fourth-order valence-corrected chi connectivity index (χ4v) is 1.82. The molecule has 1 N–H and O–H groups in total. The lowest BCUT2D eigenvalue weighted by molar-refractivity contribution is -0.138. The Bertz CT molecular complexity index is 562. The van der Waals surface area contributed by atoms with Crippen LogP contribution >= 0.6 is 15.9 Å². The van der Waals surface area contributed by atoms with Gasteiger partial charge in [0, 0.05) is 11.6 Å². The molecule has 0 bridgehead atoms. The molecule has 0 aliphatic rings. The topological polar surface area (TPSA) is 54.4 Å². The van der Waals surface area contributed by atoms with E-state index in [9.17, 15) is 22.8 Å². The molecule has 0 aromatic heterocycles. The van der Waals surface area contributed by atoms with Crippen LogP contribution in [0, 0.1) is 0 Å². The van der Waals surface area contributed by atoms with Crippen molar-refractivity contribution in [2.24, 2.45) is 0 Å². The van der Waals surface area contributed by atoms with Crippen molar-refractivity contribution in [3.8, 4) is 0 Å². The molecule has 0 amide bonds. The number of benzene rings is 1. The lowest BCUT2D eigenvalue weighted by atomic mass is 9.96. The van der Waals surface area contributed by atoms with Crippen molar-refractivity contribution < 1.29 is 27.9 Å². The van der Waals surface area contributed by atoms with Crippen molar-refractivity contribution >= 4 is 33.8 Å². The summed E-state index contributed by atoms with van der Waals surface area (Å²) < 4.78 is 38.7. The van der Waals surface area contributed by atoms with Gasteiger partial charge in [0.25, 0.3) is 0 Å². The smallest absolute Gasteiger partial charge is 0.417 e. The predicted octanol–water partition coefficient (Wildman–Crippen LogP) is 3.77. The van der Waals surface area contributed by atoms with Crippen molar-refractivity contribution in [1.29, 1.82) is 0 Å². The Labute approximate surface area is 121 Å². The number of hydrogen-bond acceptors (Lipinski definition) is 2. The second-order valence-electron chi connectivity index (χ2n) is 3.92. The van der Waals surface area contributed by atoms with Gasteiger partial charge in [-0.05, 0) is 24.6 Å². The number of carboxylic acids is 1. The SMILES string of the molecule is CC(Br)C(=O)c1cccc(C(F)(F)F)c1C=CC(=O)O. The number of halogens is 4. The molecule has 3 nitrogen and oxygen atoms in total. The van der Waals surface area contributed by atoms with E-state index < -0.39 is 33.9 Å². The van der Waals surface area contributed by atoms with E-state index in [-0.39, 0.29) is 5.56 Å². The Morgan fingerprint density at radius 1 is 1.35 bits per heavy atom. The molecule has 1 aromatic rings. The second-order valence-corrected chi connectivity index (χ2v) is 5.29. The number of rotatable bonds is 4. The van der Waals surface area contributed by atoms with E-state index in [1.54, 1.807) is 0 Å². The molecule has 0 fully saturated rings. The first-order valence-corrected chi connectivity index (χ1v) is 6.35. The Balaban J connectivity index is 3.52. The monoisotopic (exact) mass is 350 g/mol. The quantitative estimate of drug-likeness (QED) is 0.510. The van der Waals surface area contributed by atoms with Crippen molar-refractivity contribution in [2.75, 3.05) is 0 Å². The lowest BCUT2D eigenvalue weighted by Gasteiger charge is -2.14. The number of ketones is 1. The molecule has 7 heteroatoms. The molecular formula is C13H10BrF3O3. The van der Waals surface area contributed by atoms with Gasteiger partial charge in [-0.2, -0.15) is 13.2 Å². The van der Waals surface area contributed by atoms with Crippen LogP contribution in [0.2, 0.25) is 0 Å². The van der Waals surface area contributed by atoms with Gasteiger partial charge < -0.3 is 5.11 Å². The van der Waals surface area contributed by atoms with Crippen LogP contribution < -0.4 is 0 Å². The van der Waals surface area contributed by atoms with E-state index in [1.165, 1.54) is 13.0 Å². The number of carbonyl (C=O) groups is 2. The largest absolute Gasteiger partial charge is 0.478 e. The summed E-state index contributed by atoms with van der Waals surface area (Å²) in [7, 11) is 0. The Kier molecular flexibility index (Phi) is 5.10. The molecule has 1 unspecified atom stereocenters. The summed E-state index contributed by atoms with van der Waals surface area (Å²) in [6.45, 7) is 1.48. The van der Waals surface area contributed by atoms with Crippen LogP contribution in [0.15, 0.2) is 24.3 Å². The van der Waals surface area contributed by atoms with E-state index in [4.69, 9.17) is 5.11 Å². The maximum atomic E-state index is 12.9. The maximum Gasteiger partial charge on any atom is 0.417 e. The van der Waals surface area contributed by atoms with Gasteiger partial charge in [-0.3, -0.25) is 4.79 Å². The zero-order valence-corrected chi connectivity index (χ0v) is 11.8. The summed E-state index contributed by atoms with van der Waals surface area (Å²) in [5.41, 5.74) is -1.67. The molecule has 0 aliphatic heterocycles. The zero-order valence-electron chi connectivity index (χ0n) is 10.2. The van der Waals surface area contributed by atoms with Gasteiger partial charge >= 0.3 is 12.1 Å². The minimum Gasteiger partial charge on any atom is -0.478 e. The standard InChI is InChI=1S/C13H10BrF3O3/c1-7(14)12(20)9-3-2-4-10(13(15,16)17)8(9)5-6-11(18)19/h2-7H,1H3,(H,18,19). The third-order valence-corrected chi connectivity index (χ3v) is 2.85. The van der Waals surface area contributed by atoms with Crippen molar-refractivity contribution in [2.45, 2.75) is 17.9 Å². The van der Waals surface area contributed by atoms with Crippen molar-refractivity contribution in [3.63, 3.8) is 0 Å². The number of hydrogen-bond donors (Lipinski definition) is 1. The average Bonchev–Trinajstić information content (AvgIpc) is 2.33. The molecule has 108 valence electrons. The molecule has 0 radical (unpaired) electrons. The Morgan fingerprint density at radius 2 is 1.95 bits per heavy atom. The van der Waals surface area contributed by atoms with Crippen LogP contribution in [0.4, 0.5) is 13.2 Å². The number of Topliss-reactive ketones (excluding diaryl/α,β-unsaturated/α-hetero) is 1. The van der Waals surface area contributed by atoms with Crippen LogP contribution in [0.1, 0.15) is 28.4 Å². The summed E-state index contributed by atoms with van der Waals surface area (Å²) in [6.07, 6.45) is -3.32. The Morgan fingerprint density at radius 3 is 2.40 bits per heavy atom. The molecule has 20 heavy (non-hydrogen) atoms. The predicted molar refractivity (Wildman–Crippen MR) is 70.8 cm³/mol. The van der Waals surface area contributed by atoms with Gasteiger partial charge in [-0.1, -0.05) is 28.1 Å². The molecule has 0 aliphatic carbocycles. The lowest BCUT2D eigenvalue weighted by Crippen LogP contribution is -2.16. The highest BCUT2D eigenvalue weighted by Crippen LogP contribution is 2.34. The van der Waals surface area contributed by atoms with Crippen molar-refractivity contribution in [3.05, 3.63) is 41.0 Å². The first kappa shape index (κ1) is 16.4. The minimum atomic E-state index is -4.68. The fourth-order valence-electron chi connectivity index (χ4n) is 1.58. The third-order valence-electron chi connectivity index (χ3n) is 2.43. The third kappa shape index (κ3) is 3.93. The highest BCUT2D eigenvalue weighted by atomic mass is 79.9. The summed E-state index contributed by atoms with van der Waals surface area (Å²) in [6, 6.07) is 3.15. The van der Waals surface area contributed by atoms with Gasteiger partial charge in [-0.15, -0.1) is 0 Å². The molecule has 1 aromatic carbocycles. The van der Waals surface area contributed by atoms with E-state index >= 15 is 0 Å². The van der Waals surface area contributed by atoms with Gasteiger partial charge in [0.05, 0.1) is 10.4 Å². The van der Waals surface area contributed by atoms with Crippen LogP contribution in [0.5, 0.6) is 0 Å². The molecule has 1 rings (SSSR count). The van der Waals surface area contributed by atoms with E-state index in [0.717, 1.165) is 18.2 Å². The molecule has 0 saturated carbocycles. The maximum absolute atomic E-state index is 12.9. The summed E-state index contributed by atoms with van der Waals surface area (Å²) in [4.78, 5) is 21.7. The first-order valence-electron chi connectivity index (χ1n) is 5.44. The van der Waals surface area contributed by atoms with Gasteiger partial charge in [-0.25, -0.2) is 4.79 Å².